The Morgan fingerprint density at radius 3 is 2.60 bits per heavy atom. The van der Waals surface area contributed by atoms with Crippen molar-refractivity contribution in [1.29, 1.82) is 0 Å². The molecule has 6 heteroatoms. The van der Waals surface area contributed by atoms with Gasteiger partial charge in [0.25, 0.3) is 0 Å². The van der Waals surface area contributed by atoms with E-state index in [0.29, 0.717) is 13.0 Å². The Morgan fingerprint density at radius 1 is 1.20 bits per heavy atom. The molecular weight excluding hydrogens is 260 g/mol. The first-order chi connectivity index (χ1) is 9.59. The van der Waals surface area contributed by atoms with E-state index < -0.39 is 5.97 Å². The minimum atomic E-state index is -1.13. The van der Waals surface area contributed by atoms with E-state index in [9.17, 15) is 14.4 Å². The Kier molecular flexibility index (Phi) is 7.39. The maximum absolute atomic E-state index is 11.4. The van der Waals surface area contributed by atoms with Crippen molar-refractivity contribution in [3.63, 3.8) is 0 Å². The average molecular weight is 282 g/mol. The number of hydrogen-bond donors (Lipinski definition) is 2. The number of aliphatic carboxylic acids is 1. The van der Waals surface area contributed by atoms with E-state index in [2.05, 4.69) is 5.32 Å². The molecule has 20 heavy (non-hydrogen) atoms. The summed E-state index contributed by atoms with van der Waals surface area (Å²) in [5.41, 5.74) is 0. The predicted molar refractivity (Wildman–Crippen MR) is 74.1 cm³/mol. The molecule has 1 rings (SSSR count). The van der Waals surface area contributed by atoms with Crippen LogP contribution in [0.15, 0.2) is 12.2 Å². The summed E-state index contributed by atoms with van der Waals surface area (Å²) in [6, 6.07) is 0. The molecule has 0 atom stereocenters. The summed E-state index contributed by atoms with van der Waals surface area (Å²) in [4.78, 5) is 34.6. The van der Waals surface area contributed by atoms with Crippen LogP contribution in [0.25, 0.3) is 0 Å². The van der Waals surface area contributed by atoms with Crippen molar-refractivity contribution in [2.45, 2.75) is 38.5 Å². The van der Waals surface area contributed by atoms with Crippen LogP contribution in [0.1, 0.15) is 38.5 Å². The topological polar surface area (TPSA) is 86.7 Å². The van der Waals surface area contributed by atoms with Crippen molar-refractivity contribution in [2.24, 2.45) is 0 Å². The van der Waals surface area contributed by atoms with Crippen molar-refractivity contribution in [3.8, 4) is 0 Å². The van der Waals surface area contributed by atoms with Crippen molar-refractivity contribution in [3.05, 3.63) is 12.2 Å². The number of carboxylic acid groups (broad SMARTS) is 1. The first kappa shape index (κ1) is 16.2. The number of unbranched alkanes of at least 4 members (excludes halogenated alkanes) is 3. The minimum absolute atomic E-state index is 0.266. The zero-order valence-corrected chi connectivity index (χ0v) is 11.6. The molecule has 1 aliphatic heterocycles. The van der Waals surface area contributed by atoms with Crippen LogP contribution >= 0.6 is 0 Å². The van der Waals surface area contributed by atoms with Gasteiger partial charge in [0.05, 0.1) is 0 Å². The Morgan fingerprint density at radius 2 is 1.95 bits per heavy atom. The van der Waals surface area contributed by atoms with Gasteiger partial charge in [-0.15, -0.1) is 0 Å². The first-order valence-corrected chi connectivity index (χ1v) is 7.06. The van der Waals surface area contributed by atoms with Gasteiger partial charge in [0.2, 0.25) is 11.8 Å². The van der Waals surface area contributed by atoms with Gasteiger partial charge in [-0.05, 0) is 19.3 Å². The van der Waals surface area contributed by atoms with E-state index in [1.54, 1.807) is 0 Å². The van der Waals surface area contributed by atoms with E-state index in [0.717, 1.165) is 57.3 Å². The number of likely N-dealkylation sites (tertiary alicyclic amines) is 1. The molecule has 0 aromatic rings. The van der Waals surface area contributed by atoms with Gasteiger partial charge in [-0.3, -0.25) is 9.59 Å². The highest BCUT2D eigenvalue weighted by Gasteiger charge is 2.18. The number of carboxylic acids is 1. The van der Waals surface area contributed by atoms with Gasteiger partial charge in [0.15, 0.2) is 0 Å². The molecular formula is C14H22N2O4. The maximum Gasteiger partial charge on any atom is 0.328 e. The summed E-state index contributed by atoms with van der Waals surface area (Å²) in [6.45, 7) is 2.28. The molecule has 1 heterocycles. The summed E-state index contributed by atoms with van der Waals surface area (Å²) in [6.07, 6.45) is 7.39. The highest BCUT2D eigenvalue weighted by Crippen LogP contribution is 2.11. The van der Waals surface area contributed by atoms with Crippen molar-refractivity contribution in [2.75, 3.05) is 19.6 Å². The fourth-order valence-electron chi connectivity index (χ4n) is 2.14. The number of rotatable bonds is 9. The van der Waals surface area contributed by atoms with E-state index >= 15 is 0 Å². The zero-order chi connectivity index (χ0) is 14.8. The normalized spacial score (nSPS) is 15.0. The molecule has 1 fully saturated rings. The van der Waals surface area contributed by atoms with Crippen LogP contribution in [-0.4, -0.2) is 47.4 Å². The maximum atomic E-state index is 11.4. The van der Waals surface area contributed by atoms with Crippen LogP contribution in [0.5, 0.6) is 0 Å². The van der Waals surface area contributed by atoms with Gasteiger partial charge in [-0.2, -0.15) is 0 Å². The van der Waals surface area contributed by atoms with E-state index in [-0.39, 0.29) is 11.8 Å². The van der Waals surface area contributed by atoms with Crippen molar-refractivity contribution in [1.82, 2.24) is 10.2 Å². The second-order valence-corrected chi connectivity index (χ2v) is 4.86. The Bertz CT molecular complexity index is 379. The quantitative estimate of drug-likeness (QED) is 0.486. The third kappa shape index (κ3) is 6.92. The molecule has 2 amide bonds. The summed E-state index contributed by atoms with van der Waals surface area (Å²) in [5.74, 6) is -1.24. The summed E-state index contributed by atoms with van der Waals surface area (Å²) < 4.78 is 0. The lowest BCUT2D eigenvalue weighted by molar-refractivity contribution is -0.131. The molecule has 0 aromatic carbocycles. The lowest BCUT2D eigenvalue weighted by Gasteiger charge is -2.14. The van der Waals surface area contributed by atoms with E-state index in [1.807, 2.05) is 4.90 Å². The van der Waals surface area contributed by atoms with Crippen LogP contribution in [-0.2, 0) is 14.4 Å². The van der Waals surface area contributed by atoms with Gasteiger partial charge in [0.1, 0.15) is 0 Å². The number of carbonyl (C=O) groups excluding carboxylic acids is 2. The second-order valence-electron chi connectivity index (χ2n) is 4.86. The fraction of sp³-hybridized carbons (Fsp3) is 0.643. The second kappa shape index (κ2) is 9.12. The highest BCUT2D eigenvalue weighted by atomic mass is 16.4. The van der Waals surface area contributed by atoms with Crippen LogP contribution in [0.2, 0.25) is 0 Å². The molecule has 0 aromatic heterocycles. The molecule has 1 aliphatic rings. The third-order valence-corrected chi connectivity index (χ3v) is 3.20. The van der Waals surface area contributed by atoms with Crippen LogP contribution in [0.4, 0.5) is 0 Å². The number of nitrogens with zero attached hydrogens (tertiary/aromatic N) is 1. The highest BCUT2D eigenvalue weighted by molar-refractivity contribution is 5.93. The smallest absolute Gasteiger partial charge is 0.328 e. The minimum Gasteiger partial charge on any atom is -0.478 e. The van der Waals surface area contributed by atoms with Crippen molar-refractivity contribution >= 4 is 17.8 Å². The van der Waals surface area contributed by atoms with Crippen LogP contribution in [0, 0.1) is 0 Å². The lowest BCUT2D eigenvalue weighted by atomic mass is 10.2. The van der Waals surface area contributed by atoms with Crippen molar-refractivity contribution < 1.29 is 19.5 Å². The zero-order valence-electron chi connectivity index (χ0n) is 11.6. The number of amides is 2. The summed E-state index contributed by atoms with van der Waals surface area (Å²) in [5, 5.41) is 11.0. The van der Waals surface area contributed by atoms with E-state index in [4.69, 9.17) is 5.11 Å². The van der Waals surface area contributed by atoms with Gasteiger partial charge < -0.3 is 15.3 Å². The van der Waals surface area contributed by atoms with Gasteiger partial charge in [-0.1, -0.05) is 12.8 Å². The molecule has 0 aliphatic carbocycles. The van der Waals surface area contributed by atoms with E-state index in [1.165, 1.54) is 0 Å². The Hall–Kier alpha value is -1.85. The monoisotopic (exact) mass is 282 g/mol. The molecule has 1 saturated heterocycles. The molecule has 0 radical (unpaired) electrons. The SMILES string of the molecule is O=C(O)/C=C\C(=O)NCCCCCCN1CCCC1=O. The molecule has 112 valence electrons. The Labute approximate surface area is 118 Å². The molecule has 2 N–H and O–H groups in total. The summed E-state index contributed by atoms with van der Waals surface area (Å²) >= 11 is 0. The molecule has 0 unspecified atom stereocenters. The molecule has 0 bridgehead atoms. The summed E-state index contributed by atoms with van der Waals surface area (Å²) in [7, 11) is 0. The third-order valence-electron chi connectivity index (χ3n) is 3.20. The van der Waals surface area contributed by atoms with Gasteiger partial charge in [-0.25, -0.2) is 4.79 Å². The Balaban J connectivity index is 1.93. The molecule has 0 saturated carbocycles. The average Bonchev–Trinajstić information content (AvgIpc) is 2.81. The lowest BCUT2D eigenvalue weighted by Crippen LogP contribution is -2.25. The van der Waals surface area contributed by atoms with Gasteiger partial charge in [0, 0.05) is 38.2 Å². The largest absolute Gasteiger partial charge is 0.478 e. The van der Waals surface area contributed by atoms with Gasteiger partial charge >= 0.3 is 5.97 Å². The fourth-order valence-corrected chi connectivity index (χ4v) is 2.14. The number of nitrogens with one attached hydrogen (secondary N) is 1. The standard InChI is InChI=1S/C14H22N2O4/c17-12(7-8-14(19)20)15-9-3-1-2-4-10-16-11-5-6-13(16)18/h7-8H,1-6,9-11H2,(H,15,17)(H,19,20)/b8-7-. The predicted octanol–water partition coefficient (Wildman–Crippen LogP) is 0.926. The number of hydrogen-bond acceptors (Lipinski definition) is 3. The molecule has 6 nitrogen and oxygen atoms in total. The van der Waals surface area contributed by atoms with Crippen LogP contribution < -0.4 is 5.32 Å². The molecule has 0 spiro atoms. The number of carbonyl (C=O) groups is 3. The van der Waals surface area contributed by atoms with Crippen LogP contribution in [0.3, 0.4) is 0 Å². The first-order valence-electron chi connectivity index (χ1n) is 7.06.